The first-order valence-corrected chi connectivity index (χ1v) is 15.5. The van der Waals surface area contributed by atoms with Crippen LogP contribution < -0.4 is 4.74 Å². The maximum atomic E-state index is 14.6. The fourth-order valence-corrected chi connectivity index (χ4v) is 7.03. The Bertz CT molecular complexity index is 1260. The van der Waals surface area contributed by atoms with Gasteiger partial charge in [0, 0.05) is 0 Å². The Balaban J connectivity index is 1.11. The Morgan fingerprint density at radius 1 is 0.775 bits per heavy atom. The van der Waals surface area contributed by atoms with Gasteiger partial charge in [-0.2, -0.15) is 4.39 Å². The lowest BCUT2D eigenvalue weighted by molar-refractivity contribution is 0.0902. The van der Waals surface area contributed by atoms with Gasteiger partial charge in [-0.1, -0.05) is 80.1 Å². The van der Waals surface area contributed by atoms with E-state index in [1.165, 1.54) is 54.4 Å². The average molecular weight is 543 g/mol. The summed E-state index contributed by atoms with van der Waals surface area (Å²) in [6.07, 6.45) is 14.6. The van der Waals surface area contributed by atoms with Crippen molar-refractivity contribution in [1.82, 2.24) is 0 Å². The highest BCUT2D eigenvalue weighted by Crippen LogP contribution is 2.48. The number of rotatable bonds is 10. The summed E-state index contributed by atoms with van der Waals surface area (Å²) >= 11 is 0. The van der Waals surface area contributed by atoms with Crippen LogP contribution in [0, 0.1) is 29.4 Å². The summed E-state index contributed by atoms with van der Waals surface area (Å²) in [5.41, 5.74) is 5.88. The number of benzene rings is 3. The van der Waals surface area contributed by atoms with E-state index in [0.29, 0.717) is 36.8 Å². The normalized spacial score (nSPS) is 22.8. The smallest absolute Gasteiger partial charge is 0.200 e. The van der Waals surface area contributed by atoms with Gasteiger partial charge in [-0.25, -0.2) is 4.39 Å². The average Bonchev–Trinajstić information content (AvgIpc) is 2.99. The molecular formula is C37H44F2O. The van der Waals surface area contributed by atoms with Crippen molar-refractivity contribution in [2.24, 2.45) is 17.8 Å². The van der Waals surface area contributed by atoms with Gasteiger partial charge in [0.05, 0.1) is 6.61 Å². The van der Waals surface area contributed by atoms with E-state index >= 15 is 0 Å². The van der Waals surface area contributed by atoms with Gasteiger partial charge in [0.2, 0.25) is 5.82 Å². The lowest BCUT2D eigenvalue weighted by atomic mass is 9.64. The number of fused-ring (bicyclic) bond motifs is 1. The van der Waals surface area contributed by atoms with Crippen LogP contribution in [0.1, 0.15) is 87.8 Å². The Labute approximate surface area is 239 Å². The van der Waals surface area contributed by atoms with Crippen LogP contribution in [0.2, 0.25) is 0 Å². The molecule has 3 heteroatoms. The van der Waals surface area contributed by atoms with E-state index in [2.05, 4.69) is 55.5 Å². The van der Waals surface area contributed by atoms with Gasteiger partial charge in [0.1, 0.15) is 0 Å². The lowest BCUT2D eigenvalue weighted by Crippen LogP contribution is -2.32. The molecule has 2 aliphatic rings. The van der Waals surface area contributed by atoms with Crippen molar-refractivity contribution in [3.05, 3.63) is 101 Å². The highest BCUT2D eigenvalue weighted by molar-refractivity contribution is 5.64. The van der Waals surface area contributed by atoms with Gasteiger partial charge < -0.3 is 4.74 Å². The fraction of sp³-hybridized carbons (Fsp3) is 0.459. The lowest BCUT2D eigenvalue weighted by Gasteiger charge is -2.42. The van der Waals surface area contributed by atoms with E-state index in [1.807, 2.05) is 19.1 Å². The molecule has 0 spiro atoms. The molecule has 2 saturated carbocycles. The highest BCUT2D eigenvalue weighted by Gasteiger charge is 2.36. The molecule has 4 atom stereocenters. The summed E-state index contributed by atoms with van der Waals surface area (Å²) in [5.74, 6) is 0.977. The van der Waals surface area contributed by atoms with Crippen LogP contribution in [0.3, 0.4) is 0 Å². The van der Waals surface area contributed by atoms with Crippen molar-refractivity contribution in [3.8, 4) is 16.9 Å². The number of hydrogen-bond acceptors (Lipinski definition) is 1. The van der Waals surface area contributed by atoms with Gasteiger partial charge >= 0.3 is 0 Å². The summed E-state index contributed by atoms with van der Waals surface area (Å²) in [6.45, 7) is 4.63. The van der Waals surface area contributed by atoms with Gasteiger partial charge in [0.15, 0.2) is 11.6 Å². The molecule has 0 aliphatic heterocycles. The third-order valence-corrected chi connectivity index (χ3v) is 9.35. The number of ether oxygens (including phenoxy) is 1. The summed E-state index contributed by atoms with van der Waals surface area (Å²) in [5, 5.41) is 0. The largest absolute Gasteiger partial charge is 0.490 e. The zero-order chi connectivity index (χ0) is 27.9. The summed E-state index contributed by atoms with van der Waals surface area (Å²) in [6, 6.07) is 21.6. The zero-order valence-corrected chi connectivity index (χ0v) is 24.2. The fourth-order valence-electron chi connectivity index (χ4n) is 7.03. The minimum atomic E-state index is -0.841. The molecule has 2 aliphatic carbocycles. The van der Waals surface area contributed by atoms with Gasteiger partial charge in [0.25, 0.3) is 0 Å². The molecule has 0 saturated heterocycles. The molecule has 212 valence electrons. The summed E-state index contributed by atoms with van der Waals surface area (Å²) in [4.78, 5) is 0. The SMILES string of the molecule is CC=CCCc1ccc(OCC2CCC3CC(c4ccc(-c5ccc(CCC)cc5)cc4)CCC3C2)c(F)c1F. The van der Waals surface area contributed by atoms with Crippen molar-refractivity contribution in [3.63, 3.8) is 0 Å². The van der Waals surface area contributed by atoms with Crippen LogP contribution in [0.5, 0.6) is 5.75 Å². The summed E-state index contributed by atoms with van der Waals surface area (Å²) in [7, 11) is 0. The van der Waals surface area contributed by atoms with Crippen LogP contribution in [-0.2, 0) is 12.8 Å². The minimum absolute atomic E-state index is 0.0541. The third kappa shape index (κ3) is 6.85. The van der Waals surface area contributed by atoms with Crippen molar-refractivity contribution in [2.75, 3.05) is 6.61 Å². The third-order valence-electron chi connectivity index (χ3n) is 9.35. The molecule has 3 aromatic rings. The van der Waals surface area contributed by atoms with E-state index in [4.69, 9.17) is 4.74 Å². The standard InChI is InChI=1S/C37H44F2O/c1-3-5-6-8-31-21-22-35(37(39)36(31)38)40-25-27-11-14-34-24-33(20-19-32(34)23-27)30-17-15-29(16-18-30)28-12-9-26(7-4-2)10-13-28/h3,5,9-10,12-13,15-18,21-22,27,32-34H,4,6-8,11,14,19-20,23-25H2,1-2H3. The topological polar surface area (TPSA) is 9.23 Å². The second kappa shape index (κ2) is 13.6. The van der Waals surface area contributed by atoms with E-state index in [-0.39, 0.29) is 5.75 Å². The molecule has 0 radical (unpaired) electrons. The van der Waals surface area contributed by atoms with Crippen LogP contribution in [0.25, 0.3) is 11.1 Å². The van der Waals surface area contributed by atoms with Crippen LogP contribution in [-0.4, -0.2) is 6.61 Å². The van der Waals surface area contributed by atoms with Crippen LogP contribution in [0.4, 0.5) is 8.78 Å². The van der Waals surface area contributed by atoms with Gasteiger partial charge in [-0.15, -0.1) is 0 Å². The van der Waals surface area contributed by atoms with Crippen molar-refractivity contribution >= 4 is 0 Å². The molecule has 1 nitrogen and oxygen atoms in total. The number of halogens is 2. The Hall–Kier alpha value is -2.94. The molecule has 4 unspecified atom stereocenters. The molecule has 40 heavy (non-hydrogen) atoms. The molecule has 0 amide bonds. The maximum absolute atomic E-state index is 14.6. The van der Waals surface area contributed by atoms with E-state index in [0.717, 1.165) is 31.1 Å². The summed E-state index contributed by atoms with van der Waals surface area (Å²) < 4.78 is 35.0. The molecule has 0 N–H and O–H groups in total. The van der Waals surface area contributed by atoms with Crippen LogP contribution >= 0.6 is 0 Å². The van der Waals surface area contributed by atoms with Crippen molar-refractivity contribution < 1.29 is 13.5 Å². The van der Waals surface area contributed by atoms with Crippen molar-refractivity contribution in [1.29, 1.82) is 0 Å². The van der Waals surface area contributed by atoms with E-state index in [1.54, 1.807) is 12.1 Å². The van der Waals surface area contributed by atoms with Gasteiger partial charge in [-0.05, 0) is 122 Å². The number of allylic oxidation sites excluding steroid dienone is 2. The second-order valence-electron chi connectivity index (χ2n) is 12.0. The molecule has 3 aromatic carbocycles. The molecule has 5 rings (SSSR count). The maximum Gasteiger partial charge on any atom is 0.200 e. The molecule has 0 heterocycles. The Morgan fingerprint density at radius 2 is 1.48 bits per heavy atom. The van der Waals surface area contributed by atoms with E-state index in [9.17, 15) is 8.78 Å². The number of hydrogen-bond donors (Lipinski definition) is 0. The highest BCUT2D eigenvalue weighted by atomic mass is 19.2. The molecule has 2 fully saturated rings. The Kier molecular flexibility index (Phi) is 9.73. The predicted molar refractivity (Wildman–Crippen MR) is 162 cm³/mol. The first-order valence-electron chi connectivity index (χ1n) is 15.5. The molecule has 0 aromatic heterocycles. The van der Waals surface area contributed by atoms with Crippen LogP contribution in [0.15, 0.2) is 72.8 Å². The predicted octanol–water partition coefficient (Wildman–Crippen LogP) is 10.5. The monoisotopic (exact) mass is 542 g/mol. The quantitative estimate of drug-likeness (QED) is 0.232. The second-order valence-corrected chi connectivity index (χ2v) is 12.0. The van der Waals surface area contributed by atoms with E-state index < -0.39 is 11.6 Å². The van der Waals surface area contributed by atoms with Gasteiger partial charge in [-0.3, -0.25) is 0 Å². The molecule has 0 bridgehead atoms. The minimum Gasteiger partial charge on any atom is -0.490 e. The first kappa shape index (κ1) is 28.6. The number of aryl methyl sites for hydroxylation is 2. The molecular weight excluding hydrogens is 498 g/mol. The zero-order valence-electron chi connectivity index (χ0n) is 24.2. The Morgan fingerprint density at radius 3 is 2.20 bits per heavy atom. The first-order chi connectivity index (χ1) is 19.6. The van der Waals surface area contributed by atoms with Crippen molar-refractivity contribution in [2.45, 2.75) is 84.0 Å².